The highest BCUT2D eigenvalue weighted by Crippen LogP contribution is 2.45. The fraction of sp³-hybridized carbons (Fsp3) is 0.529. The molecule has 26 heavy (non-hydrogen) atoms. The van der Waals surface area contributed by atoms with Gasteiger partial charge in [-0.1, -0.05) is 12.1 Å². The quantitative estimate of drug-likeness (QED) is 0.736. The maximum absolute atomic E-state index is 12.1. The predicted molar refractivity (Wildman–Crippen MR) is 104 cm³/mol. The lowest BCUT2D eigenvalue weighted by Crippen LogP contribution is -2.48. The van der Waals surface area contributed by atoms with Crippen LogP contribution >= 0.6 is 23.5 Å². The molecule has 1 aromatic carbocycles. The van der Waals surface area contributed by atoms with Crippen molar-refractivity contribution in [2.45, 2.75) is 23.5 Å². The summed E-state index contributed by atoms with van der Waals surface area (Å²) in [7, 11) is -3.11. The molecule has 6 nitrogen and oxygen atoms in total. The molecular formula is C17H21NO5S3. The number of rotatable bonds is 5. The number of carbonyl (C=O) groups excluding carboxylic acids is 2. The van der Waals surface area contributed by atoms with Crippen molar-refractivity contribution in [2.75, 3.05) is 29.6 Å². The highest BCUT2D eigenvalue weighted by Gasteiger charge is 2.39. The Bertz CT molecular complexity index is 787. The van der Waals surface area contributed by atoms with Gasteiger partial charge in [-0.25, -0.2) is 13.2 Å². The average Bonchev–Trinajstić information content (AvgIpc) is 3.21. The Hall–Kier alpha value is -1.19. The fourth-order valence-electron chi connectivity index (χ4n) is 3.02. The van der Waals surface area contributed by atoms with Gasteiger partial charge in [0.2, 0.25) is 0 Å². The van der Waals surface area contributed by atoms with Crippen LogP contribution in [0.2, 0.25) is 0 Å². The monoisotopic (exact) mass is 415 g/mol. The number of carbonyl (C=O) groups is 2. The van der Waals surface area contributed by atoms with Gasteiger partial charge in [0.25, 0.3) is 5.91 Å². The van der Waals surface area contributed by atoms with Crippen molar-refractivity contribution in [1.82, 2.24) is 5.32 Å². The Morgan fingerprint density at radius 1 is 1.23 bits per heavy atom. The van der Waals surface area contributed by atoms with Gasteiger partial charge in [-0.3, -0.25) is 4.79 Å². The minimum atomic E-state index is -3.11. The Morgan fingerprint density at radius 2 is 1.88 bits per heavy atom. The molecule has 0 spiro atoms. The normalized spacial score (nSPS) is 25.1. The third-order valence-electron chi connectivity index (χ3n) is 4.32. The molecule has 2 heterocycles. The average molecular weight is 416 g/mol. The van der Waals surface area contributed by atoms with Gasteiger partial charge in [0, 0.05) is 11.5 Å². The molecular weight excluding hydrogens is 394 g/mol. The number of thioether (sulfide) groups is 2. The maximum Gasteiger partial charge on any atom is 0.338 e. The molecule has 1 aromatic rings. The molecule has 1 atom stereocenters. The highest BCUT2D eigenvalue weighted by atomic mass is 32.2. The van der Waals surface area contributed by atoms with Crippen LogP contribution in [0.5, 0.6) is 0 Å². The van der Waals surface area contributed by atoms with E-state index >= 15 is 0 Å². The molecule has 142 valence electrons. The van der Waals surface area contributed by atoms with Crippen LogP contribution in [-0.4, -0.2) is 55.5 Å². The summed E-state index contributed by atoms with van der Waals surface area (Å²) in [6.45, 7) is 1.26. The molecule has 0 aliphatic carbocycles. The molecule has 3 rings (SSSR count). The van der Waals surface area contributed by atoms with Gasteiger partial charge in [-0.05, 0) is 31.0 Å². The van der Waals surface area contributed by atoms with Crippen molar-refractivity contribution in [3.05, 3.63) is 35.4 Å². The number of hydrogen-bond donors (Lipinski definition) is 1. The Kier molecular flexibility index (Phi) is 5.88. The largest absolute Gasteiger partial charge is 0.452 e. The lowest BCUT2D eigenvalue weighted by atomic mass is 10.0. The minimum Gasteiger partial charge on any atom is -0.452 e. The molecule has 2 aliphatic rings. The number of ether oxygens (including phenoxy) is 1. The first-order chi connectivity index (χ1) is 12.3. The summed E-state index contributed by atoms with van der Waals surface area (Å²) in [5, 5.41) is 2.66. The smallest absolute Gasteiger partial charge is 0.338 e. The second-order valence-electron chi connectivity index (χ2n) is 6.72. The second kappa shape index (κ2) is 7.82. The van der Waals surface area contributed by atoms with E-state index < -0.39 is 33.9 Å². The first-order valence-electron chi connectivity index (χ1n) is 8.28. The van der Waals surface area contributed by atoms with Crippen LogP contribution in [-0.2, 0) is 19.4 Å². The van der Waals surface area contributed by atoms with E-state index in [1.165, 1.54) is 5.56 Å². The molecule has 0 aromatic heterocycles. The van der Waals surface area contributed by atoms with E-state index in [0.29, 0.717) is 16.6 Å². The summed E-state index contributed by atoms with van der Waals surface area (Å²) in [5.41, 5.74) is 0.770. The zero-order valence-electron chi connectivity index (χ0n) is 14.4. The van der Waals surface area contributed by atoms with Crippen LogP contribution in [0.25, 0.3) is 0 Å². The molecule has 9 heteroatoms. The summed E-state index contributed by atoms with van der Waals surface area (Å²) in [6.07, 6.45) is 0.369. The number of esters is 1. The number of sulfone groups is 1. The lowest BCUT2D eigenvalue weighted by Gasteiger charge is -2.23. The molecule has 0 unspecified atom stereocenters. The van der Waals surface area contributed by atoms with Crippen molar-refractivity contribution in [3.8, 4) is 0 Å². The molecule has 0 saturated carbocycles. The molecule has 1 N–H and O–H groups in total. The van der Waals surface area contributed by atoms with Crippen molar-refractivity contribution in [1.29, 1.82) is 0 Å². The fourth-order valence-corrected chi connectivity index (χ4v) is 7.98. The van der Waals surface area contributed by atoms with E-state index in [2.05, 4.69) is 5.32 Å². The molecule has 2 fully saturated rings. The standard InChI is InChI=1S/C17H21NO5S3/c1-17(6-9-26(21,22)11-17)18-14(19)10-23-15(20)12-2-4-13(5-3-12)16-24-7-8-25-16/h2-5,16H,6-11H2,1H3,(H,18,19)/t17-/m0/s1. The molecule has 2 saturated heterocycles. The summed E-state index contributed by atoms with van der Waals surface area (Å²) in [6, 6.07) is 7.24. The zero-order chi connectivity index (χ0) is 18.8. The van der Waals surface area contributed by atoms with Gasteiger partial charge < -0.3 is 10.1 Å². The molecule has 0 radical (unpaired) electrons. The van der Waals surface area contributed by atoms with E-state index in [1.807, 2.05) is 35.7 Å². The highest BCUT2D eigenvalue weighted by molar-refractivity contribution is 8.19. The van der Waals surface area contributed by atoms with E-state index in [9.17, 15) is 18.0 Å². The van der Waals surface area contributed by atoms with Crippen LogP contribution in [0.3, 0.4) is 0 Å². The van der Waals surface area contributed by atoms with Crippen molar-refractivity contribution in [2.24, 2.45) is 0 Å². The van der Waals surface area contributed by atoms with E-state index in [4.69, 9.17) is 4.74 Å². The van der Waals surface area contributed by atoms with Gasteiger partial charge in [-0.2, -0.15) is 0 Å². The SMILES string of the molecule is C[C@]1(NC(=O)COC(=O)c2ccc(C3SCCS3)cc2)CCS(=O)(=O)C1. The van der Waals surface area contributed by atoms with Gasteiger partial charge in [0.15, 0.2) is 16.4 Å². The summed E-state index contributed by atoms with van der Waals surface area (Å²) in [4.78, 5) is 24.1. The topological polar surface area (TPSA) is 89.5 Å². The summed E-state index contributed by atoms with van der Waals surface area (Å²) in [5.74, 6) is 1.19. The zero-order valence-corrected chi connectivity index (χ0v) is 16.8. The van der Waals surface area contributed by atoms with Crippen LogP contribution < -0.4 is 5.32 Å². The third kappa shape index (κ3) is 4.95. The van der Waals surface area contributed by atoms with E-state index in [0.717, 1.165) is 11.5 Å². The van der Waals surface area contributed by atoms with Crippen molar-refractivity contribution >= 4 is 45.2 Å². The maximum atomic E-state index is 12.1. The molecule has 2 aliphatic heterocycles. The van der Waals surface area contributed by atoms with Crippen LogP contribution in [0.4, 0.5) is 0 Å². The third-order valence-corrected chi connectivity index (χ3v) is 9.33. The second-order valence-corrected chi connectivity index (χ2v) is 11.6. The summed E-state index contributed by atoms with van der Waals surface area (Å²) < 4.78 is 28.6. The predicted octanol–water partition coefficient (Wildman–Crippen LogP) is 2.02. The van der Waals surface area contributed by atoms with Crippen molar-refractivity contribution < 1.29 is 22.7 Å². The van der Waals surface area contributed by atoms with Gasteiger partial charge >= 0.3 is 5.97 Å². The van der Waals surface area contributed by atoms with E-state index in [-0.39, 0.29) is 11.5 Å². The molecule has 0 bridgehead atoms. The Morgan fingerprint density at radius 3 is 2.46 bits per heavy atom. The molecule has 1 amide bonds. The van der Waals surface area contributed by atoms with E-state index in [1.54, 1.807) is 19.1 Å². The lowest BCUT2D eigenvalue weighted by molar-refractivity contribution is -0.125. The number of amides is 1. The van der Waals surface area contributed by atoms with Crippen LogP contribution in [0, 0.1) is 0 Å². The number of hydrogen-bond acceptors (Lipinski definition) is 7. The first-order valence-corrected chi connectivity index (χ1v) is 12.2. The Balaban J connectivity index is 1.49. The van der Waals surface area contributed by atoms with Crippen molar-refractivity contribution in [3.63, 3.8) is 0 Å². The van der Waals surface area contributed by atoms with Gasteiger partial charge in [-0.15, -0.1) is 23.5 Å². The minimum absolute atomic E-state index is 0.0630. The number of benzene rings is 1. The number of nitrogens with one attached hydrogen (secondary N) is 1. The van der Waals surface area contributed by atoms with Crippen LogP contribution in [0.1, 0.15) is 33.8 Å². The van der Waals surface area contributed by atoms with Gasteiger partial charge in [0.1, 0.15) is 0 Å². The van der Waals surface area contributed by atoms with Crippen LogP contribution in [0.15, 0.2) is 24.3 Å². The summed E-state index contributed by atoms with van der Waals surface area (Å²) >= 11 is 3.78. The Labute approximate surface area is 161 Å². The van der Waals surface area contributed by atoms with Gasteiger partial charge in [0.05, 0.1) is 27.2 Å². The first kappa shape index (κ1) is 19.6.